The third-order valence-electron chi connectivity index (χ3n) is 5.18. The molecule has 0 spiro atoms. The third-order valence-corrected chi connectivity index (χ3v) is 5.18. The van der Waals surface area contributed by atoms with Crippen molar-refractivity contribution in [3.05, 3.63) is 69.9 Å². The Kier molecular flexibility index (Phi) is 8.66. The van der Waals surface area contributed by atoms with Crippen molar-refractivity contribution in [2.45, 2.75) is 40.8 Å². The van der Waals surface area contributed by atoms with Crippen LogP contribution in [0.15, 0.2) is 48.5 Å². The summed E-state index contributed by atoms with van der Waals surface area (Å²) >= 11 is 0. The molecular weight excluding hydrogens is 452 g/mol. The summed E-state index contributed by atoms with van der Waals surface area (Å²) in [5, 5.41) is 17.7. The standard InChI is InChI=1S/C25H30N4O6/c1-5-33-22-12-7-19(14-23(22)34-6-2)16-35-21-10-8-20(9-11-21)26-25(30)17(3)15-28-18(4)13-24(27-28)29(31)32/h7-14,17H,5-6,15-16H2,1-4H3,(H,26,30). The first-order valence-electron chi connectivity index (χ1n) is 11.4. The fourth-order valence-corrected chi connectivity index (χ4v) is 3.36. The van der Waals surface area contributed by atoms with Gasteiger partial charge in [0.25, 0.3) is 0 Å². The SMILES string of the molecule is CCOc1ccc(COc2ccc(NC(=O)C(C)Cn3nc([N+](=O)[O-])cc3C)cc2)cc1OCC. The molecule has 186 valence electrons. The molecule has 1 N–H and O–H groups in total. The Bertz CT molecular complexity index is 1160. The van der Waals surface area contributed by atoms with E-state index in [4.69, 9.17) is 14.2 Å². The Hall–Kier alpha value is -4.08. The summed E-state index contributed by atoms with van der Waals surface area (Å²) in [7, 11) is 0. The summed E-state index contributed by atoms with van der Waals surface area (Å²) in [5.74, 6) is 1.15. The Morgan fingerprint density at radius 3 is 2.37 bits per heavy atom. The fraction of sp³-hybridized carbons (Fsp3) is 0.360. The van der Waals surface area contributed by atoms with Gasteiger partial charge in [0.2, 0.25) is 5.91 Å². The molecule has 0 saturated carbocycles. The first-order chi connectivity index (χ1) is 16.8. The molecule has 10 nitrogen and oxygen atoms in total. The van der Waals surface area contributed by atoms with E-state index in [2.05, 4.69) is 10.4 Å². The van der Waals surface area contributed by atoms with E-state index in [1.54, 1.807) is 38.1 Å². The fourth-order valence-electron chi connectivity index (χ4n) is 3.36. The van der Waals surface area contributed by atoms with Crippen molar-refractivity contribution in [3.8, 4) is 17.2 Å². The molecule has 0 fully saturated rings. The van der Waals surface area contributed by atoms with Crippen LogP contribution >= 0.6 is 0 Å². The van der Waals surface area contributed by atoms with E-state index in [0.29, 0.717) is 48.5 Å². The zero-order valence-corrected chi connectivity index (χ0v) is 20.3. The van der Waals surface area contributed by atoms with Crippen LogP contribution < -0.4 is 19.5 Å². The lowest BCUT2D eigenvalue weighted by atomic mass is 10.1. The molecule has 35 heavy (non-hydrogen) atoms. The van der Waals surface area contributed by atoms with Gasteiger partial charge in [0.15, 0.2) is 11.5 Å². The second-order valence-corrected chi connectivity index (χ2v) is 7.93. The Balaban J connectivity index is 1.54. The van der Waals surface area contributed by atoms with Crippen molar-refractivity contribution >= 4 is 17.4 Å². The molecule has 1 unspecified atom stereocenters. The van der Waals surface area contributed by atoms with Crippen LogP contribution in [0.4, 0.5) is 11.5 Å². The second kappa shape index (κ2) is 11.9. The minimum atomic E-state index is -0.550. The maximum Gasteiger partial charge on any atom is 0.390 e. The molecule has 0 bridgehead atoms. The van der Waals surface area contributed by atoms with Gasteiger partial charge in [0.05, 0.1) is 42.5 Å². The van der Waals surface area contributed by atoms with Crippen LogP contribution in [0.3, 0.4) is 0 Å². The number of hydrogen-bond acceptors (Lipinski definition) is 7. The zero-order valence-electron chi connectivity index (χ0n) is 20.3. The van der Waals surface area contributed by atoms with Crippen LogP contribution in [0.25, 0.3) is 0 Å². The molecule has 3 aromatic rings. The summed E-state index contributed by atoms with van der Waals surface area (Å²) in [5.41, 5.74) is 2.19. The number of anilines is 1. The predicted molar refractivity (Wildman–Crippen MR) is 131 cm³/mol. The highest BCUT2D eigenvalue weighted by molar-refractivity contribution is 5.92. The van der Waals surface area contributed by atoms with Crippen LogP contribution in [0.1, 0.15) is 32.0 Å². The molecule has 2 aromatic carbocycles. The average Bonchev–Trinajstić information content (AvgIpc) is 3.20. The number of aromatic nitrogens is 2. The van der Waals surface area contributed by atoms with Gasteiger partial charge in [-0.2, -0.15) is 4.68 Å². The first kappa shape index (κ1) is 25.5. The molecule has 1 heterocycles. The number of hydrogen-bond donors (Lipinski definition) is 1. The highest BCUT2D eigenvalue weighted by atomic mass is 16.6. The molecule has 1 aromatic heterocycles. The van der Waals surface area contributed by atoms with Gasteiger partial charge in [0, 0.05) is 5.69 Å². The molecule has 1 atom stereocenters. The van der Waals surface area contributed by atoms with Crippen LogP contribution in [-0.2, 0) is 17.9 Å². The van der Waals surface area contributed by atoms with Crippen LogP contribution in [0.2, 0.25) is 0 Å². The minimum Gasteiger partial charge on any atom is -0.490 e. The molecular formula is C25H30N4O6. The second-order valence-electron chi connectivity index (χ2n) is 7.93. The minimum absolute atomic E-state index is 0.214. The molecule has 0 aliphatic heterocycles. The Morgan fingerprint density at radius 2 is 1.74 bits per heavy atom. The Labute approximate surface area is 204 Å². The van der Waals surface area contributed by atoms with Crippen LogP contribution in [0, 0.1) is 23.0 Å². The van der Waals surface area contributed by atoms with Crippen LogP contribution in [-0.4, -0.2) is 33.8 Å². The van der Waals surface area contributed by atoms with Gasteiger partial charge in [-0.25, -0.2) is 0 Å². The topological polar surface area (TPSA) is 118 Å². The number of nitrogens with one attached hydrogen (secondary N) is 1. The molecule has 0 aliphatic rings. The Morgan fingerprint density at radius 1 is 1.06 bits per heavy atom. The van der Waals surface area contributed by atoms with Gasteiger partial charge >= 0.3 is 5.82 Å². The van der Waals surface area contributed by atoms with Crippen molar-refractivity contribution in [1.82, 2.24) is 9.78 Å². The van der Waals surface area contributed by atoms with E-state index in [0.717, 1.165) is 5.56 Å². The van der Waals surface area contributed by atoms with E-state index in [1.807, 2.05) is 32.0 Å². The number of aryl methyl sites for hydroxylation is 1. The van der Waals surface area contributed by atoms with Crippen molar-refractivity contribution < 1.29 is 23.9 Å². The van der Waals surface area contributed by atoms with E-state index in [-0.39, 0.29) is 18.3 Å². The maximum atomic E-state index is 12.6. The average molecular weight is 483 g/mol. The number of carbonyl (C=O) groups is 1. The summed E-state index contributed by atoms with van der Waals surface area (Å²) in [6.07, 6.45) is 0. The molecule has 0 radical (unpaired) electrons. The summed E-state index contributed by atoms with van der Waals surface area (Å²) in [6.45, 7) is 8.99. The quantitative estimate of drug-likeness (QED) is 0.292. The number of benzene rings is 2. The number of ether oxygens (including phenoxy) is 3. The van der Waals surface area contributed by atoms with Gasteiger partial charge in [-0.1, -0.05) is 13.0 Å². The highest BCUT2D eigenvalue weighted by Gasteiger charge is 2.21. The number of amides is 1. The number of carbonyl (C=O) groups excluding carboxylic acids is 1. The van der Waals surface area contributed by atoms with Crippen molar-refractivity contribution in [1.29, 1.82) is 0 Å². The highest BCUT2D eigenvalue weighted by Crippen LogP contribution is 2.29. The van der Waals surface area contributed by atoms with E-state index < -0.39 is 10.8 Å². The van der Waals surface area contributed by atoms with Gasteiger partial charge < -0.3 is 29.6 Å². The first-order valence-corrected chi connectivity index (χ1v) is 11.4. The normalized spacial score (nSPS) is 11.5. The smallest absolute Gasteiger partial charge is 0.390 e. The molecule has 10 heteroatoms. The van der Waals surface area contributed by atoms with E-state index in [1.165, 1.54) is 10.7 Å². The monoisotopic (exact) mass is 482 g/mol. The molecule has 0 aliphatic carbocycles. The van der Waals surface area contributed by atoms with Crippen molar-refractivity contribution in [3.63, 3.8) is 0 Å². The van der Waals surface area contributed by atoms with Gasteiger partial charge in [-0.15, -0.1) is 0 Å². The van der Waals surface area contributed by atoms with Gasteiger partial charge in [0.1, 0.15) is 12.4 Å². The zero-order chi connectivity index (χ0) is 25.4. The maximum absolute atomic E-state index is 12.6. The van der Waals surface area contributed by atoms with Crippen LogP contribution in [0.5, 0.6) is 17.2 Å². The lowest BCUT2D eigenvalue weighted by Crippen LogP contribution is -2.25. The van der Waals surface area contributed by atoms with Gasteiger partial charge in [-0.05, 0) is 67.7 Å². The van der Waals surface area contributed by atoms with Crippen molar-refractivity contribution in [2.75, 3.05) is 18.5 Å². The predicted octanol–water partition coefficient (Wildman–Crippen LogP) is 4.75. The summed E-state index contributed by atoms with van der Waals surface area (Å²) < 4.78 is 18.6. The summed E-state index contributed by atoms with van der Waals surface area (Å²) in [4.78, 5) is 22.9. The number of nitrogens with zero attached hydrogens (tertiary/aromatic N) is 3. The van der Waals surface area contributed by atoms with Crippen molar-refractivity contribution in [2.24, 2.45) is 5.92 Å². The molecule has 0 saturated heterocycles. The summed E-state index contributed by atoms with van der Waals surface area (Å²) in [6, 6.07) is 14.2. The molecule has 1 amide bonds. The largest absolute Gasteiger partial charge is 0.490 e. The number of rotatable bonds is 12. The van der Waals surface area contributed by atoms with E-state index >= 15 is 0 Å². The third kappa shape index (κ3) is 6.95. The lowest BCUT2D eigenvalue weighted by molar-refractivity contribution is -0.389. The van der Waals surface area contributed by atoms with Gasteiger partial charge in [-0.3, -0.25) is 4.79 Å². The lowest BCUT2D eigenvalue weighted by Gasteiger charge is -2.14. The van der Waals surface area contributed by atoms with E-state index in [9.17, 15) is 14.9 Å². The molecule has 3 rings (SSSR count). The number of nitro groups is 1.